The predicted molar refractivity (Wildman–Crippen MR) is 104 cm³/mol. The molecule has 0 unspecified atom stereocenters. The molecule has 0 aliphatic heterocycles. The molecule has 0 bridgehead atoms. The molecule has 0 amide bonds. The van der Waals surface area contributed by atoms with E-state index in [1.54, 1.807) is 0 Å². The molecule has 0 aromatic heterocycles. The van der Waals surface area contributed by atoms with E-state index < -0.39 is 0 Å². The molecule has 0 saturated carbocycles. The van der Waals surface area contributed by atoms with Gasteiger partial charge in [0.2, 0.25) is 0 Å². The van der Waals surface area contributed by atoms with E-state index in [1.807, 2.05) is 0 Å². The van der Waals surface area contributed by atoms with Gasteiger partial charge in [-0.15, -0.1) is 0 Å². The van der Waals surface area contributed by atoms with Gasteiger partial charge in [-0.25, -0.2) is 0 Å². The van der Waals surface area contributed by atoms with Gasteiger partial charge in [-0.05, 0) is 84.1 Å². The molecule has 3 aliphatic rings. The van der Waals surface area contributed by atoms with Gasteiger partial charge >= 0.3 is 0 Å². The topological polar surface area (TPSA) is 0 Å². The molecular weight excluding hydrogens is 288 g/mol. The summed E-state index contributed by atoms with van der Waals surface area (Å²) in [5, 5.41) is 0. The largest absolute Gasteiger partial charge is 0.0949 e. The van der Waals surface area contributed by atoms with Crippen molar-refractivity contribution >= 4 is 6.08 Å². The summed E-state index contributed by atoms with van der Waals surface area (Å²) >= 11 is 0. The van der Waals surface area contributed by atoms with E-state index in [0.29, 0.717) is 0 Å². The molecule has 0 saturated heterocycles. The lowest BCUT2D eigenvalue weighted by atomic mass is 9.89. The van der Waals surface area contributed by atoms with Crippen LogP contribution in [0.4, 0.5) is 0 Å². The zero-order valence-electron chi connectivity index (χ0n) is 14.7. The Morgan fingerprint density at radius 1 is 1.08 bits per heavy atom. The van der Waals surface area contributed by atoms with Gasteiger partial charge in [0.05, 0.1) is 0 Å². The smallest absolute Gasteiger partial charge is 0.00137 e. The highest BCUT2D eigenvalue weighted by molar-refractivity contribution is 5.72. The van der Waals surface area contributed by atoms with Gasteiger partial charge in [0.25, 0.3) is 0 Å². The van der Waals surface area contributed by atoms with Crippen LogP contribution in [0.5, 0.6) is 0 Å². The number of fused-ring (bicyclic) bond motifs is 1. The van der Waals surface area contributed by atoms with E-state index >= 15 is 0 Å². The molecule has 120 valence electrons. The highest BCUT2D eigenvalue weighted by atomic mass is 14.3. The van der Waals surface area contributed by atoms with E-state index in [0.717, 1.165) is 25.7 Å². The molecule has 1 aromatic rings. The molecule has 0 nitrogen and oxygen atoms in total. The Kier molecular flexibility index (Phi) is 3.76. The summed E-state index contributed by atoms with van der Waals surface area (Å²) in [4.78, 5) is 0. The summed E-state index contributed by atoms with van der Waals surface area (Å²) < 4.78 is 0. The quantitative estimate of drug-likeness (QED) is 0.595. The van der Waals surface area contributed by atoms with Crippen molar-refractivity contribution in [3.8, 4) is 0 Å². The molecule has 0 heteroatoms. The van der Waals surface area contributed by atoms with Crippen LogP contribution in [0.25, 0.3) is 6.08 Å². The van der Waals surface area contributed by atoms with Gasteiger partial charge in [0.1, 0.15) is 0 Å². The van der Waals surface area contributed by atoms with Crippen molar-refractivity contribution in [3.05, 3.63) is 99.2 Å². The van der Waals surface area contributed by atoms with Crippen molar-refractivity contribution in [2.75, 3.05) is 0 Å². The lowest BCUT2D eigenvalue weighted by Gasteiger charge is -2.15. The lowest BCUT2D eigenvalue weighted by Crippen LogP contribution is -1.97. The fraction of sp³-hybridized carbons (Fsp3) is 0.250. The third kappa shape index (κ3) is 2.57. The van der Waals surface area contributed by atoms with Crippen molar-refractivity contribution < 1.29 is 0 Å². The molecule has 0 N–H and O–H groups in total. The minimum atomic E-state index is 0.970. The van der Waals surface area contributed by atoms with E-state index in [4.69, 9.17) is 0 Å². The molecule has 0 fully saturated rings. The molecule has 1 aromatic carbocycles. The Morgan fingerprint density at radius 2 is 1.92 bits per heavy atom. The summed E-state index contributed by atoms with van der Waals surface area (Å²) in [6, 6.07) is 8.74. The number of hydrogen-bond acceptors (Lipinski definition) is 0. The molecule has 4 rings (SSSR count). The zero-order chi connectivity index (χ0) is 16.7. The number of rotatable bonds is 4. The first-order valence-electron chi connectivity index (χ1n) is 8.87. The maximum atomic E-state index is 4.42. The molecule has 0 spiro atoms. The molecule has 3 aliphatic carbocycles. The Balaban J connectivity index is 1.54. The predicted octanol–water partition coefficient (Wildman–Crippen LogP) is 6.50. The van der Waals surface area contributed by atoms with Crippen LogP contribution in [0.3, 0.4) is 0 Å². The van der Waals surface area contributed by atoms with E-state index in [2.05, 4.69) is 69.0 Å². The maximum absolute atomic E-state index is 4.42. The number of benzene rings is 1. The SMILES string of the molecule is C=C(CC1=CCC=C1C1=Cc2ccccc2C1)C1=C(C)CC=C1C. The molecule has 24 heavy (non-hydrogen) atoms. The zero-order valence-corrected chi connectivity index (χ0v) is 14.7. The normalized spacial score (nSPS) is 19.1. The Labute approximate surface area is 145 Å². The highest BCUT2D eigenvalue weighted by Gasteiger charge is 2.22. The summed E-state index contributed by atoms with van der Waals surface area (Å²) in [5.41, 5.74) is 12.8. The van der Waals surface area contributed by atoms with Gasteiger partial charge in [0, 0.05) is 0 Å². The van der Waals surface area contributed by atoms with E-state index in [-0.39, 0.29) is 0 Å². The monoisotopic (exact) mass is 312 g/mol. The standard InChI is InChI=1S/C24H24/c1-16-11-12-17(2)24(16)18(3)13-21-9-6-10-23(21)22-14-19-7-4-5-8-20(19)15-22/h4-5,7-11,14H,3,6,12-13,15H2,1-2H3. The van der Waals surface area contributed by atoms with Gasteiger partial charge in [-0.2, -0.15) is 0 Å². The number of hydrogen-bond donors (Lipinski definition) is 0. The van der Waals surface area contributed by atoms with E-state index in [1.165, 1.54) is 50.1 Å². The van der Waals surface area contributed by atoms with Crippen LogP contribution in [0.15, 0.2) is 88.1 Å². The van der Waals surface area contributed by atoms with E-state index in [9.17, 15) is 0 Å². The minimum absolute atomic E-state index is 0.970. The fourth-order valence-corrected chi connectivity index (χ4v) is 4.26. The van der Waals surface area contributed by atoms with Crippen LogP contribution >= 0.6 is 0 Å². The second kappa shape index (κ2) is 5.94. The first kappa shape index (κ1) is 15.2. The Hall–Kier alpha value is -2.34. The van der Waals surface area contributed by atoms with Crippen molar-refractivity contribution in [2.24, 2.45) is 0 Å². The van der Waals surface area contributed by atoms with Gasteiger partial charge < -0.3 is 0 Å². The first-order valence-corrected chi connectivity index (χ1v) is 8.87. The minimum Gasteiger partial charge on any atom is -0.0949 e. The van der Waals surface area contributed by atoms with Crippen molar-refractivity contribution in [2.45, 2.75) is 39.5 Å². The van der Waals surface area contributed by atoms with Crippen LogP contribution in [0, 0.1) is 0 Å². The van der Waals surface area contributed by atoms with Gasteiger partial charge in [0.15, 0.2) is 0 Å². The summed E-state index contributed by atoms with van der Waals surface area (Å²) in [6.45, 7) is 8.87. The molecule has 0 heterocycles. The average molecular weight is 312 g/mol. The molecular formula is C24H24. The van der Waals surface area contributed by atoms with Crippen LogP contribution in [0.1, 0.15) is 44.2 Å². The van der Waals surface area contributed by atoms with Crippen LogP contribution < -0.4 is 0 Å². The Morgan fingerprint density at radius 3 is 2.67 bits per heavy atom. The van der Waals surface area contributed by atoms with Crippen LogP contribution in [0.2, 0.25) is 0 Å². The third-order valence-corrected chi connectivity index (χ3v) is 5.44. The summed E-state index contributed by atoms with van der Waals surface area (Å²) in [7, 11) is 0. The Bertz CT molecular complexity index is 878. The summed E-state index contributed by atoms with van der Waals surface area (Å²) in [6.07, 6.45) is 13.6. The second-order valence-corrected chi connectivity index (χ2v) is 7.15. The first-order chi connectivity index (χ1) is 11.6. The second-order valence-electron chi connectivity index (χ2n) is 7.15. The third-order valence-electron chi connectivity index (χ3n) is 5.44. The maximum Gasteiger partial charge on any atom is -0.00137 e. The van der Waals surface area contributed by atoms with Gasteiger partial charge in [-0.1, -0.05) is 60.7 Å². The van der Waals surface area contributed by atoms with Crippen molar-refractivity contribution in [1.29, 1.82) is 0 Å². The van der Waals surface area contributed by atoms with Crippen LogP contribution in [-0.4, -0.2) is 0 Å². The van der Waals surface area contributed by atoms with Gasteiger partial charge in [-0.3, -0.25) is 0 Å². The molecule has 0 radical (unpaired) electrons. The fourth-order valence-electron chi connectivity index (χ4n) is 4.26. The number of allylic oxidation sites excluding steroid dienone is 10. The average Bonchev–Trinajstić information content (AvgIpc) is 3.25. The van der Waals surface area contributed by atoms with Crippen molar-refractivity contribution in [3.63, 3.8) is 0 Å². The highest BCUT2D eigenvalue weighted by Crippen LogP contribution is 2.40. The lowest BCUT2D eigenvalue weighted by molar-refractivity contribution is 1.10. The van der Waals surface area contributed by atoms with Crippen molar-refractivity contribution in [1.82, 2.24) is 0 Å². The summed E-state index contributed by atoms with van der Waals surface area (Å²) in [5.74, 6) is 0. The molecule has 0 atom stereocenters. The van der Waals surface area contributed by atoms with Crippen LogP contribution in [-0.2, 0) is 6.42 Å².